The SMILES string of the molecule is N#CN1CC[C@@H]2C[C@@H]21. The molecule has 2 aliphatic rings. The average Bonchev–Trinajstić information content (AvgIpc) is 2.46. The summed E-state index contributed by atoms with van der Waals surface area (Å²) in [4.78, 5) is 1.91. The minimum atomic E-state index is 0.667. The third-order valence-corrected chi connectivity index (χ3v) is 2.15. The molecule has 0 radical (unpaired) electrons. The maximum atomic E-state index is 8.44. The Hall–Kier alpha value is -0.710. The Kier molecular flexibility index (Phi) is 0.611. The highest BCUT2D eigenvalue weighted by Crippen LogP contribution is 2.43. The van der Waals surface area contributed by atoms with E-state index in [0.29, 0.717) is 6.04 Å². The highest BCUT2D eigenvalue weighted by molar-refractivity contribution is 5.05. The van der Waals surface area contributed by atoms with Gasteiger partial charge in [0.1, 0.15) is 0 Å². The van der Waals surface area contributed by atoms with Gasteiger partial charge in [-0.05, 0) is 18.8 Å². The number of nitriles is 1. The van der Waals surface area contributed by atoms with Crippen LogP contribution in [0.4, 0.5) is 0 Å². The fourth-order valence-electron chi connectivity index (χ4n) is 1.52. The molecule has 0 spiro atoms. The molecular weight excluding hydrogens is 100 g/mol. The summed E-state index contributed by atoms with van der Waals surface area (Å²) < 4.78 is 0. The summed E-state index contributed by atoms with van der Waals surface area (Å²) in [6, 6.07) is 0.667. The number of fused-ring (bicyclic) bond motifs is 1. The predicted molar refractivity (Wildman–Crippen MR) is 28.8 cm³/mol. The van der Waals surface area contributed by atoms with Crippen molar-refractivity contribution in [2.45, 2.75) is 18.9 Å². The number of hydrogen-bond donors (Lipinski definition) is 0. The Bertz CT molecular complexity index is 147. The molecule has 1 aliphatic heterocycles. The van der Waals surface area contributed by atoms with E-state index in [-0.39, 0.29) is 0 Å². The molecule has 1 heterocycles. The van der Waals surface area contributed by atoms with Gasteiger partial charge in [0.2, 0.25) is 0 Å². The molecule has 8 heavy (non-hydrogen) atoms. The molecule has 0 aromatic carbocycles. The van der Waals surface area contributed by atoms with Crippen molar-refractivity contribution in [1.82, 2.24) is 4.90 Å². The minimum absolute atomic E-state index is 0.667. The molecule has 1 aliphatic carbocycles. The number of likely N-dealkylation sites (tertiary alicyclic amines) is 1. The summed E-state index contributed by atoms with van der Waals surface area (Å²) in [5.74, 6) is 0.898. The van der Waals surface area contributed by atoms with Gasteiger partial charge in [-0.25, -0.2) is 0 Å². The summed E-state index contributed by atoms with van der Waals surface area (Å²) in [6.45, 7) is 1.02. The first-order valence-corrected chi connectivity index (χ1v) is 3.08. The normalized spacial score (nSPS) is 41.1. The Morgan fingerprint density at radius 3 is 2.75 bits per heavy atom. The lowest BCUT2D eigenvalue weighted by Crippen LogP contribution is -2.15. The summed E-state index contributed by atoms with van der Waals surface area (Å²) >= 11 is 0. The second-order valence-electron chi connectivity index (χ2n) is 2.65. The Balaban J connectivity index is 2.09. The van der Waals surface area contributed by atoms with Gasteiger partial charge in [0, 0.05) is 12.6 Å². The standard InChI is InChI=1S/C6H8N2/c7-4-8-2-1-5-3-6(5)8/h5-6H,1-3H2/t5-,6+/m1/s1. The predicted octanol–water partition coefficient (Wildman–Crippen LogP) is 0.562. The molecular formula is C6H8N2. The van der Waals surface area contributed by atoms with Crippen molar-refractivity contribution in [3.05, 3.63) is 0 Å². The lowest BCUT2D eigenvalue weighted by Gasteiger charge is -2.05. The zero-order chi connectivity index (χ0) is 5.56. The van der Waals surface area contributed by atoms with Crippen molar-refractivity contribution < 1.29 is 0 Å². The van der Waals surface area contributed by atoms with E-state index in [1.807, 2.05) is 4.90 Å². The van der Waals surface area contributed by atoms with E-state index < -0.39 is 0 Å². The van der Waals surface area contributed by atoms with Gasteiger partial charge in [0.25, 0.3) is 0 Å². The molecule has 0 amide bonds. The molecule has 42 valence electrons. The van der Waals surface area contributed by atoms with Gasteiger partial charge in [-0.2, -0.15) is 5.26 Å². The summed E-state index contributed by atoms with van der Waals surface area (Å²) in [5, 5.41) is 8.44. The van der Waals surface area contributed by atoms with E-state index in [0.717, 1.165) is 12.5 Å². The van der Waals surface area contributed by atoms with Gasteiger partial charge in [0.15, 0.2) is 6.19 Å². The van der Waals surface area contributed by atoms with Crippen molar-refractivity contribution in [2.75, 3.05) is 6.54 Å². The highest BCUT2D eigenvalue weighted by Gasteiger charge is 2.46. The molecule has 0 bridgehead atoms. The highest BCUT2D eigenvalue weighted by atomic mass is 15.2. The third kappa shape index (κ3) is 0.367. The fraction of sp³-hybridized carbons (Fsp3) is 0.833. The van der Waals surface area contributed by atoms with Gasteiger partial charge in [-0.15, -0.1) is 0 Å². The first-order valence-electron chi connectivity index (χ1n) is 3.08. The molecule has 1 saturated heterocycles. The van der Waals surface area contributed by atoms with Crippen LogP contribution >= 0.6 is 0 Å². The lowest BCUT2D eigenvalue weighted by molar-refractivity contribution is 0.432. The van der Waals surface area contributed by atoms with Gasteiger partial charge < -0.3 is 4.90 Å². The van der Waals surface area contributed by atoms with E-state index >= 15 is 0 Å². The number of rotatable bonds is 0. The van der Waals surface area contributed by atoms with E-state index in [1.54, 1.807) is 0 Å². The van der Waals surface area contributed by atoms with E-state index in [1.165, 1.54) is 12.8 Å². The van der Waals surface area contributed by atoms with Gasteiger partial charge in [0.05, 0.1) is 0 Å². The zero-order valence-electron chi connectivity index (χ0n) is 4.67. The quantitative estimate of drug-likeness (QED) is 0.424. The molecule has 0 unspecified atom stereocenters. The van der Waals surface area contributed by atoms with Crippen LogP contribution in [0.2, 0.25) is 0 Å². The maximum Gasteiger partial charge on any atom is 0.179 e. The summed E-state index contributed by atoms with van der Waals surface area (Å²) in [6.07, 6.45) is 4.74. The average molecular weight is 108 g/mol. The Morgan fingerprint density at radius 2 is 2.50 bits per heavy atom. The molecule has 1 saturated carbocycles. The van der Waals surface area contributed by atoms with Crippen LogP contribution in [0.5, 0.6) is 0 Å². The van der Waals surface area contributed by atoms with Crippen molar-refractivity contribution in [3.63, 3.8) is 0 Å². The van der Waals surface area contributed by atoms with Crippen molar-refractivity contribution in [1.29, 1.82) is 5.26 Å². The second kappa shape index (κ2) is 1.17. The largest absolute Gasteiger partial charge is 0.307 e. The van der Waals surface area contributed by atoms with Crippen LogP contribution in [0.15, 0.2) is 0 Å². The minimum Gasteiger partial charge on any atom is -0.307 e. The summed E-state index contributed by atoms with van der Waals surface area (Å²) in [5.41, 5.74) is 0. The molecule has 2 atom stereocenters. The second-order valence-corrected chi connectivity index (χ2v) is 2.65. The van der Waals surface area contributed by atoms with Gasteiger partial charge >= 0.3 is 0 Å². The van der Waals surface area contributed by atoms with E-state index in [4.69, 9.17) is 5.26 Å². The van der Waals surface area contributed by atoms with Gasteiger partial charge in [-0.1, -0.05) is 0 Å². The monoisotopic (exact) mass is 108 g/mol. The third-order valence-electron chi connectivity index (χ3n) is 2.15. The molecule has 2 fully saturated rings. The lowest BCUT2D eigenvalue weighted by atomic mass is 10.3. The van der Waals surface area contributed by atoms with Crippen LogP contribution in [0.1, 0.15) is 12.8 Å². The molecule has 0 N–H and O–H groups in total. The van der Waals surface area contributed by atoms with Crippen molar-refractivity contribution in [2.24, 2.45) is 5.92 Å². The van der Waals surface area contributed by atoms with Crippen LogP contribution in [-0.2, 0) is 0 Å². The van der Waals surface area contributed by atoms with Gasteiger partial charge in [-0.3, -0.25) is 0 Å². The first kappa shape index (κ1) is 4.20. The van der Waals surface area contributed by atoms with Crippen molar-refractivity contribution >= 4 is 0 Å². The van der Waals surface area contributed by atoms with E-state index in [9.17, 15) is 0 Å². The fourth-order valence-corrected chi connectivity index (χ4v) is 1.52. The first-order chi connectivity index (χ1) is 3.92. The number of piperidine rings is 1. The summed E-state index contributed by atoms with van der Waals surface area (Å²) in [7, 11) is 0. The topological polar surface area (TPSA) is 27.0 Å². The smallest absolute Gasteiger partial charge is 0.179 e. The molecule has 2 rings (SSSR count). The maximum absolute atomic E-state index is 8.44. The Morgan fingerprint density at radius 1 is 1.62 bits per heavy atom. The van der Waals surface area contributed by atoms with Crippen LogP contribution in [0.25, 0.3) is 0 Å². The van der Waals surface area contributed by atoms with E-state index in [2.05, 4.69) is 6.19 Å². The molecule has 2 nitrogen and oxygen atoms in total. The molecule has 0 aromatic heterocycles. The zero-order valence-corrected chi connectivity index (χ0v) is 4.67. The van der Waals surface area contributed by atoms with Crippen LogP contribution in [-0.4, -0.2) is 17.5 Å². The Labute approximate surface area is 48.7 Å². The molecule has 0 aromatic rings. The van der Waals surface area contributed by atoms with Crippen LogP contribution in [0.3, 0.4) is 0 Å². The van der Waals surface area contributed by atoms with Crippen LogP contribution in [0, 0.1) is 17.4 Å². The number of nitrogens with zero attached hydrogens (tertiary/aromatic N) is 2. The molecule has 2 heteroatoms. The number of hydrogen-bond acceptors (Lipinski definition) is 2. The van der Waals surface area contributed by atoms with Crippen LogP contribution < -0.4 is 0 Å². The van der Waals surface area contributed by atoms with Crippen molar-refractivity contribution in [3.8, 4) is 6.19 Å².